The molecule has 1 fully saturated rings. The van der Waals surface area contributed by atoms with Gasteiger partial charge >= 0.3 is 6.09 Å². The Morgan fingerprint density at radius 2 is 2.10 bits per heavy atom. The molecule has 4 N–H and O–H groups in total. The van der Waals surface area contributed by atoms with Crippen molar-refractivity contribution in [2.45, 2.75) is 18.9 Å². The first kappa shape index (κ1) is 19.3. The lowest BCUT2D eigenvalue weighted by Gasteiger charge is -2.14. The highest BCUT2D eigenvalue weighted by Gasteiger charge is 2.32. The van der Waals surface area contributed by atoms with Gasteiger partial charge in [0.1, 0.15) is 18.2 Å². The monoisotopic (exact) mass is 411 g/mol. The van der Waals surface area contributed by atoms with E-state index in [1.165, 1.54) is 28.2 Å². The summed E-state index contributed by atoms with van der Waals surface area (Å²) in [6.07, 6.45) is 2.33. The molecule has 1 unspecified atom stereocenters. The van der Waals surface area contributed by atoms with Gasteiger partial charge in [0.15, 0.2) is 5.82 Å². The molecule has 0 bridgehead atoms. The van der Waals surface area contributed by atoms with Crippen LogP contribution in [0.5, 0.6) is 0 Å². The number of nitrogens with two attached hydrogens (primary N) is 2. The van der Waals surface area contributed by atoms with Crippen LogP contribution < -0.4 is 16.4 Å². The number of cyclic esters (lactones) is 1. The average Bonchev–Trinajstić information content (AvgIpc) is 3.32. The molecular formula is C19H18FN7O3. The number of halogens is 1. The second-order valence-corrected chi connectivity index (χ2v) is 6.74. The number of pyridine rings is 1. The maximum absolute atomic E-state index is 14.8. The number of amides is 2. The summed E-state index contributed by atoms with van der Waals surface area (Å²) in [4.78, 5) is 32.4. The molecule has 1 atom stereocenters. The van der Waals surface area contributed by atoms with E-state index < -0.39 is 23.9 Å². The van der Waals surface area contributed by atoms with Crippen LogP contribution in [0, 0.1) is 5.82 Å². The molecular weight excluding hydrogens is 393 g/mol. The minimum absolute atomic E-state index is 0.114. The van der Waals surface area contributed by atoms with Crippen molar-refractivity contribution in [1.29, 1.82) is 0 Å². The van der Waals surface area contributed by atoms with E-state index in [0.717, 1.165) is 0 Å². The van der Waals surface area contributed by atoms with Gasteiger partial charge in [-0.2, -0.15) is 0 Å². The Labute approximate surface area is 170 Å². The molecule has 0 radical (unpaired) electrons. The van der Waals surface area contributed by atoms with Crippen LogP contribution in [0.25, 0.3) is 16.9 Å². The number of nitrogen functional groups attached to an aromatic ring is 1. The molecule has 1 saturated heterocycles. The Morgan fingerprint density at radius 1 is 1.27 bits per heavy atom. The molecule has 2 aromatic heterocycles. The molecule has 1 aliphatic rings. The molecule has 2 amide bonds. The summed E-state index contributed by atoms with van der Waals surface area (Å²) in [7, 11) is 0. The van der Waals surface area contributed by atoms with Gasteiger partial charge in [0.25, 0.3) is 0 Å². The van der Waals surface area contributed by atoms with Crippen LogP contribution in [0.4, 0.5) is 20.8 Å². The number of nitrogens with zero attached hydrogens (tertiary/aromatic N) is 5. The number of ether oxygens (including phenoxy) is 1. The highest BCUT2D eigenvalue weighted by molar-refractivity contribution is 5.90. The highest BCUT2D eigenvalue weighted by Crippen LogP contribution is 2.29. The SMILES string of the molecule is NC(=O)CCC1CN(c2ccc(-c3ccc(-n4cnc(N)n4)nc3)c(F)c2)C(=O)O1. The number of aromatic nitrogens is 4. The first-order valence-electron chi connectivity index (χ1n) is 9.10. The molecule has 10 nitrogen and oxygen atoms in total. The molecule has 30 heavy (non-hydrogen) atoms. The summed E-state index contributed by atoms with van der Waals surface area (Å²) < 4.78 is 21.4. The second-order valence-electron chi connectivity index (χ2n) is 6.74. The van der Waals surface area contributed by atoms with Gasteiger partial charge in [-0.05, 0) is 36.8 Å². The molecule has 11 heteroatoms. The van der Waals surface area contributed by atoms with Crippen molar-refractivity contribution in [2.24, 2.45) is 5.73 Å². The number of primary amides is 1. The Kier molecular flexibility index (Phi) is 5.00. The van der Waals surface area contributed by atoms with Crippen molar-refractivity contribution in [2.75, 3.05) is 17.2 Å². The van der Waals surface area contributed by atoms with Gasteiger partial charge in [0.05, 0.1) is 12.2 Å². The van der Waals surface area contributed by atoms with Gasteiger partial charge < -0.3 is 16.2 Å². The first-order chi connectivity index (χ1) is 14.4. The smallest absolute Gasteiger partial charge is 0.414 e. The quantitative estimate of drug-likeness (QED) is 0.628. The van der Waals surface area contributed by atoms with Gasteiger partial charge in [-0.15, -0.1) is 5.10 Å². The summed E-state index contributed by atoms with van der Waals surface area (Å²) in [6, 6.07) is 7.82. The number of carbonyl (C=O) groups excluding carboxylic acids is 2. The number of hydrogen-bond acceptors (Lipinski definition) is 7. The zero-order valence-electron chi connectivity index (χ0n) is 15.7. The van der Waals surface area contributed by atoms with E-state index >= 15 is 0 Å². The third-order valence-electron chi connectivity index (χ3n) is 4.65. The van der Waals surface area contributed by atoms with Gasteiger partial charge in [-0.3, -0.25) is 9.69 Å². The van der Waals surface area contributed by atoms with E-state index in [1.54, 1.807) is 24.3 Å². The third-order valence-corrected chi connectivity index (χ3v) is 4.65. The molecule has 0 saturated carbocycles. The molecule has 3 aromatic rings. The predicted octanol–water partition coefficient (Wildman–Crippen LogP) is 1.64. The van der Waals surface area contributed by atoms with Crippen LogP contribution in [0.1, 0.15) is 12.8 Å². The summed E-state index contributed by atoms with van der Waals surface area (Å²) in [5, 5.41) is 3.96. The standard InChI is InChI=1S/C19H18FN7O3/c20-15-7-12(26-9-13(30-19(26)29)3-5-16(21)28)2-4-14(15)11-1-6-17(23-8-11)27-10-24-18(22)25-27/h1-2,4,6-8,10,13H,3,5,9H2,(H2,21,28)(H2,22,25). The van der Waals surface area contributed by atoms with E-state index in [0.29, 0.717) is 29.1 Å². The maximum atomic E-state index is 14.8. The van der Waals surface area contributed by atoms with Crippen LogP contribution in [-0.2, 0) is 9.53 Å². The van der Waals surface area contributed by atoms with Gasteiger partial charge in [-0.25, -0.2) is 23.8 Å². The minimum Gasteiger partial charge on any atom is -0.444 e. The van der Waals surface area contributed by atoms with Crippen molar-refractivity contribution >= 4 is 23.6 Å². The van der Waals surface area contributed by atoms with Crippen LogP contribution >= 0.6 is 0 Å². The van der Waals surface area contributed by atoms with Gasteiger partial charge in [-0.1, -0.05) is 0 Å². The van der Waals surface area contributed by atoms with Crippen LogP contribution in [-0.4, -0.2) is 44.4 Å². The fourth-order valence-corrected chi connectivity index (χ4v) is 3.16. The molecule has 1 aliphatic heterocycles. The van der Waals surface area contributed by atoms with E-state index in [-0.39, 0.29) is 18.9 Å². The average molecular weight is 411 g/mol. The first-order valence-corrected chi connectivity index (χ1v) is 9.10. The van der Waals surface area contributed by atoms with E-state index in [9.17, 15) is 14.0 Å². The van der Waals surface area contributed by atoms with Crippen molar-refractivity contribution in [3.8, 4) is 16.9 Å². The second kappa shape index (κ2) is 7.78. The molecule has 3 heterocycles. The fourth-order valence-electron chi connectivity index (χ4n) is 3.16. The third kappa shape index (κ3) is 3.90. The molecule has 1 aromatic carbocycles. The number of hydrogen-bond donors (Lipinski definition) is 2. The maximum Gasteiger partial charge on any atom is 0.414 e. The number of rotatable bonds is 6. The topological polar surface area (TPSA) is 142 Å². The Hall–Kier alpha value is -4.02. The van der Waals surface area contributed by atoms with E-state index in [1.807, 2.05) is 0 Å². The van der Waals surface area contributed by atoms with Crippen LogP contribution in [0.15, 0.2) is 42.9 Å². The summed E-state index contributed by atoms with van der Waals surface area (Å²) >= 11 is 0. The number of benzene rings is 1. The molecule has 154 valence electrons. The summed E-state index contributed by atoms with van der Waals surface area (Å²) in [6.45, 7) is 0.224. The molecule has 4 rings (SSSR count). The summed E-state index contributed by atoms with van der Waals surface area (Å²) in [5.41, 5.74) is 11.9. The highest BCUT2D eigenvalue weighted by atomic mass is 19.1. The lowest BCUT2D eigenvalue weighted by Crippen LogP contribution is -2.25. The zero-order chi connectivity index (χ0) is 21.3. The van der Waals surface area contributed by atoms with Crippen molar-refractivity contribution in [3.05, 3.63) is 48.7 Å². The number of anilines is 2. The van der Waals surface area contributed by atoms with Gasteiger partial charge in [0.2, 0.25) is 11.9 Å². The van der Waals surface area contributed by atoms with Crippen LogP contribution in [0.3, 0.4) is 0 Å². The normalized spacial score (nSPS) is 16.0. The Morgan fingerprint density at radius 3 is 2.73 bits per heavy atom. The largest absolute Gasteiger partial charge is 0.444 e. The fraction of sp³-hybridized carbons (Fsp3) is 0.211. The van der Waals surface area contributed by atoms with E-state index in [4.69, 9.17) is 16.2 Å². The Bertz CT molecular complexity index is 1100. The number of carbonyl (C=O) groups is 2. The van der Waals surface area contributed by atoms with Crippen molar-refractivity contribution in [3.63, 3.8) is 0 Å². The molecule has 0 aliphatic carbocycles. The van der Waals surface area contributed by atoms with Gasteiger partial charge in [0, 0.05) is 23.7 Å². The zero-order valence-corrected chi connectivity index (χ0v) is 15.7. The van der Waals surface area contributed by atoms with E-state index in [2.05, 4.69) is 15.1 Å². The lowest BCUT2D eigenvalue weighted by atomic mass is 10.1. The van der Waals surface area contributed by atoms with Crippen molar-refractivity contribution < 1.29 is 18.7 Å². The predicted molar refractivity (Wildman–Crippen MR) is 105 cm³/mol. The van der Waals surface area contributed by atoms with Crippen LogP contribution in [0.2, 0.25) is 0 Å². The molecule has 0 spiro atoms. The summed E-state index contributed by atoms with van der Waals surface area (Å²) in [5.74, 6) is -0.367. The Balaban J connectivity index is 1.51. The lowest BCUT2D eigenvalue weighted by molar-refractivity contribution is -0.118. The van der Waals surface area contributed by atoms with Crippen molar-refractivity contribution in [1.82, 2.24) is 19.7 Å². The minimum atomic E-state index is -0.588.